The van der Waals surface area contributed by atoms with Gasteiger partial charge in [0, 0.05) is 25.7 Å². The summed E-state index contributed by atoms with van der Waals surface area (Å²) in [6.45, 7) is 5.49. The molecule has 1 N–H and O–H groups in total. The molecule has 1 saturated heterocycles. The molecular formula is C14H24N4O. The summed E-state index contributed by atoms with van der Waals surface area (Å²) in [5.41, 5.74) is -0.590. The Bertz CT molecular complexity index is 370. The Kier molecular flexibility index (Phi) is 4.43. The lowest BCUT2D eigenvalue weighted by Gasteiger charge is -2.38. The molecule has 106 valence electrons. The lowest BCUT2D eigenvalue weighted by molar-refractivity contribution is -0.124. The summed E-state index contributed by atoms with van der Waals surface area (Å²) < 4.78 is 0. The van der Waals surface area contributed by atoms with Gasteiger partial charge in [0.05, 0.1) is 12.6 Å². The number of nitrogens with zero attached hydrogens (tertiary/aromatic N) is 3. The van der Waals surface area contributed by atoms with Crippen LogP contribution in [0.2, 0.25) is 0 Å². The van der Waals surface area contributed by atoms with Crippen LogP contribution in [0.15, 0.2) is 0 Å². The van der Waals surface area contributed by atoms with Crippen molar-refractivity contribution in [3.63, 3.8) is 0 Å². The number of nitriles is 1. The van der Waals surface area contributed by atoms with Crippen molar-refractivity contribution >= 4 is 5.91 Å². The van der Waals surface area contributed by atoms with Gasteiger partial charge in [-0.2, -0.15) is 5.26 Å². The van der Waals surface area contributed by atoms with E-state index >= 15 is 0 Å². The van der Waals surface area contributed by atoms with Crippen LogP contribution in [0.5, 0.6) is 0 Å². The largest absolute Gasteiger partial charge is 0.337 e. The Labute approximate surface area is 115 Å². The van der Waals surface area contributed by atoms with E-state index in [0.717, 1.165) is 45.3 Å². The molecule has 19 heavy (non-hydrogen) atoms. The van der Waals surface area contributed by atoms with Gasteiger partial charge in [0.1, 0.15) is 5.54 Å². The lowest BCUT2D eigenvalue weighted by Crippen LogP contribution is -2.55. The smallest absolute Gasteiger partial charge is 0.235 e. The van der Waals surface area contributed by atoms with E-state index in [-0.39, 0.29) is 5.91 Å². The molecule has 1 amide bonds. The fourth-order valence-corrected chi connectivity index (χ4v) is 3.15. The molecule has 1 saturated carbocycles. The second-order valence-corrected chi connectivity index (χ2v) is 6.03. The van der Waals surface area contributed by atoms with Crippen LogP contribution < -0.4 is 5.32 Å². The molecule has 5 heteroatoms. The van der Waals surface area contributed by atoms with Gasteiger partial charge >= 0.3 is 0 Å². The maximum atomic E-state index is 12.1. The Morgan fingerprint density at radius 2 is 2.11 bits per heavy atom. The maximum Gasteiger partial charge on any atom is 0.235 e. The van der Waals surface area contributed by atoms with Gasteiger partial charge in [0.15, 0.2) is 0 Å². The van der Waals surface area contributed by atoms with Crippen LogP contribution >= 0.6 is 0 Å². The maximum absolute atomic E-state index is 12.1. The summed E-state index contributed by atoms with van der Waals surface area (Å²) in [7, 11) is 2.11. The first-order valence-corrected chi connectivity index (χ1v) is 7.19. The van der Waals surface area contributed by atoms with Crippen molar-refractivity contribution in [3.05, 3.63) is 0 Å². The highest BCUT2D eigenvalue weighted by atomic mass is 16.2. The third-order valence-electron chi connectivity index (χ3n) is 4.36. The number of carbonyl (C=O) groups is 1. The molecule has 0 unspecified atom stereocenters. The second kappa shape index (κ2) is 5.89. The quantitative estimate of drug-likeness (QED) is 0.810. The zero-order valence-electron chi connectivity index (χ0n) is 12.0. The number of carbonyl (C=O) groups excluding carboxylic acids is 1. The van der Waals surface area contributed by atoms with Crippen LogP contribution in [0.25, 0.3) is 0 Å². The molecule has 2 aliphatic rings. The minimum atomic E-state index is -0.590. The van der Waals surface area contributed by atoms with Crippen LogP contribution in [0.1, 0.15) is 32.6 Å². The van der Waals surface area contributed by atoms with Crippen molar-refractivity contribution in [3.8, 4) is 6.07 Å². The van der Waals surface area contributed by atoms with Crippen LogP contribution in [0.4, 0.5) is 0 Å². The summed E-state index contributed by atoms with van der Waals surface area (Å²) in [5.74, 6) is -0.000136. The van der Waals surface area contributed by atoms with Crippen molar-refractivity contribution in [2.45, 2.75) is 44.2 Å². The molecule has 1 aliphatic heterocycles. The zero-order valence-corrected chi connectivity index (χ0v) is 12.0. The van der Waals surface area contributed by atoms with Crippen molar-refractivity contribution in [1.82, 2.24) is 15.1 Å². The van der Waals surface area contributed by atoms with E-state index < -0.39 is 5.54 Å². The number of likely N-dealkylation sites (N-methyl/N-ethyl adjacent to an activating group) is 1. The summed E-state index contributed by atoms with van der Waals surface area (Å²) >= 11 is 0. The molecular weight excluding hydrogens is 240 g/mol. The van der Waals surface area contributed by atoms with Gasteiger partial charge in [-0.25, -0.2) is 0 Å². The normalized spacial score (nSPS) is 27.9. The van der Waals surface area contributed by atoms with Crippen molar-refractivity contribution in [1.29, 1.82) is 5.26 Å². The zero-order chi connectivity index (χ0) is 13.9. The van der Waals surface area contributed by atoms with Gasteiger partial charge in [0.25, 0.3) is 0 Å². The molecule has 0 radical (unpaired) electrons. The standard InChI is InChI=1S/C14H24N4O/c1-12-9-17(2)7-8-18(12)10-13(19)16-14(11-15)5-3-4-6-14/h12H,3-10H2,1-2H3,(H,16,19)/t12-/m1/s1. The highest BCUT2D eigenvalue weighted by Crippen LogP contribution is 2.28. The van der Waals surface area contributed by atoms with Gasteiger partial charge in [-0.05, 0) is 39.7 Å². The molecule has 1 atom stereocenters. The monoisotopic (exact) mass is 264 g/mol. The minimum absolute atomic E-state index is 0.000136. The van der Waals surface area contributed by atoms with Crippen molar-refractivity contribution in [2.75, 3.05) is 33.2 Å². The predicted molar refractivity (Wildman–Crippen MR) is 73.5 cm³/mol. The summed E-state index contributed by atoms with van der Waals surface area (Å²) in [6.07, 6.45) is 3.68. The van der Waals surface area contributed by atoms with Crippen LogP contribution in [-0.4, -0.2) is 60.5 Å². The highest BCUT2D eigenvalue weighted by molar-refractivity contribution is 5.79. The molecule has 1 aliphatic carbocycles. The number of amides is 1. The number of nitrogens with one attached hydrogen (secondary N) is 1. The molecule has 0 aromatic rings. The minimum Gasteiger partial charge on any atom is -0.337 e. The molecule has 2 fully saturated rings. The van der Waals surface area contributed by atoms with E-state index in [4.69, 9.17) is 0 Å². The molecule has 5 nitrogen and oxygen atoms in total. The molecule has 0 bridgehead atoms. The van der Waals surface area contributed by atoms with E-state index in [2.05, 4.69) is 35.2 Å². The molecule has 0 spiro atoms. The van der Waals surface area contributed by atoms with Gasteiger partial charge in [-0.15, -0.1) is 0 Å². The van der Waals surface area contributed by atoms with E-state index in [1.54, 1.807) is 0 Å². The summed E-state index contributed by atoms with van der Waals surface area (Å²) in [6, 6.07) is 2.70. The topological polar surface area (TPSA) is 59.4 Å². The first kappa shape index (κ1) is 14.3. The third kappa shape index (κ3) is 3.46. The summed E-state index contributed by atoms with van der Waals surface area (Å²) in [5, 5.41) is 12.2. The predicted octanol–water partition coefficient (Wildman–Crippen LogP) is 0.575. The molecule has 0 aromatic heterocycles. The van der Waals surface area contributed by atoms with E-state index in [1.165, 1.54) is 0 Å². The van der Waals surface area contributed by atoms with Crippen LogP contribution in [0.3, 0.4) is 0 Å². The van der Waals surface area contributed by atoms with Gasteiger partial charge in [-0.1, -0.05) is 0 Å². The Hall–Kier alpha value is -1.12. The van der Waals surface area contributed by atoms with Gasteiger partial charge < -0.3 is 10.2 Å². The van der Waals surface area contributed by atoms with Crippen molar-refractivity contribution < 1.29 is 4.79 Å². The highest BCUT2D eigenvalue weighted by Gasteiger charge is 2.36. The number of piperazine rings is 1. The fourth-order valence-electron chi connectivity index (χ4n) is 3.15. The third-order valence-corrected chi connectivity index (χ3v) is 4.36. The molecule has 1 heterocycles. The van der Waals surface area contributed by atoms with Crippen LogP contribution in [0, 0.1) is 11.3 Å². The number of rotatable bonds is 3. The number of hydrogen-bond acceptors (Lipinski definition) is 4. The fraction of sp³-hybridized carbons (Fsp3) is 0.857. The Balaban J connectivity index is 1.86. The van der Waals surface area contributed by atoms with Gasteiger partial charge in [0.2, 0.25) is 5.91 Å². The Morgan fingerprint density at radius 1 is 1.42 bits per heavy atom. The summed E-state index contributed by atoms with van der Waals surface area (Å²) in [4.78, 5) is 16.6. The first-order chi connectivity index (χ1) is 9.04. The average molecular weight is 264 g/mol. The Morgan fingerprint density at radius 3 is 2.68 bits per heavy atom. The second-order valence-electron chi connectivity index (χ2n) is 6.03. The molecule has 0 aromatic carbocycles. The van der Waals surface area contributed by atoms with E-state index in [0.29, 0.717) is 12.6 Å². The first-order valence-electron chi connectivity index (χ1n) is 7.19. The lowest BCUT2D eigenvalue weighted by atomic mass is 10.00. The molecule has 2 rings (SSSR count). The average Bonchev–Trinajstić information content (AvgIpc) is 2.82. The SMILES string of the molecule is C[C@@H]1CN(C)CCN1CC(=O)NC1(C#N)CCCC1. The van der Waals surface area contributed by atoms with Crippen LogP contribution in [-0.2, 0) is 4.79 Å². The van der Waals surface area contributed by atoms with E-state index in [9.17, 15) is 10.1 Å². The van der Waals surface area contributed by atoms with E-state index in [1.807, 2.05) is 0 Å². The van der Waals surface area contributed by atoms with Gasteiger partial charge in [-0.3, -0.25) is 9.69 Å². The number of hydrogen-bond donors (Lipinski definition) is 1. The van der Waals surface area contributed by atoms with Crippen molar-refractivity contribution in [2.24, 2.45) is 0 Å².